The van der Waals surface area contributed by atoms with E-state index >= 15 is 0 Å². The largest absolute Gasteiger partial charge is 0.348 e. The van der Waals surface area contributed by atoms with Gasteiger partial charge in [0.05, 0.1) is 13.2 Å². The highest BCUT2D eigenvalue weighted by Crippen LogP contribution is 2.46. The van der Waals surface area contributed by atoms with Crippen molar-refractivity contribution in [3.63, 3.8) is 0 Å². The molecule has 2 fully saturated rings. The minimum absolute atomic E-state index is 0.241. The fraction of sp³-hybridized carbons (Fsp3) is 0.818. The molecule has 15 heavy (non-hydrogen) atoms. The molecule has 4 heteroatoms. The molecule has 0 radical (unpaired) electrons. The number of aldehydes is 2. The molecule has 0 unspecified atom stereocenters. The Kier molecular flexibility index (Phi) is 3.17. The summed E-state index contributed by atoms with van der Waals surface area (Å²) in [4.78, 5) is 21.1. The minimum Gasteiger partial charge on any atom is -0.348 e. The van der Waals surface area contributed by atoms with Gasteiger partial charge in [0.25, 0.3) is 0 Å². The molecular formula is C11H16O4. The van der Waals surface area contributed by atoms with Crippen molar-refractivity contribution in [3.8, 4) is 0 Å². The van der Waals surface area contributed by atoms with Crippen molar-refractivity contribution >= 4 is 12.6 Å². The summed E-state index contributed by atoms with van der Waals surface area (Å²) in [7, 11) is 0. The molecule has 2 rings (SSSR count). The molecule has 1 heterocycles. The van der Waals surface area contributed by atoms with Crippen molar-refractivity contribution in [3.05, 3.63) is 0 Å². The highest BCUT2D eigenvalue weighted by Gasteiger charge is 2.48. The van der Waals surface area contributed by atoms with Gasteiger partial charge in [0, 0.05) is 25.7 Å². The molecule has 4 nitrogen and oxygen atoms in total. The zero-order valence-electron chi connectivity index (χ0n) is 8.69. The van der Waals surface area contributed by atoms with Crippen molar-refractivity contribution in [2.45, 2.75) is 31.5 Å². The van der Waals surface area contributed by atoms with E-state index in [4.69, 9.17) is 9.47 Å². The second kappa shape index (κ2) is 4.41. The predicted octanol–water partition coefficient (Wildman–Crippen LogP) is 0.934. The molecule has 1 spiro atoms. The van der Waals surface area contributed by atoms with Crippen LogP contribution in [0.15, 0.2) is 0 Å². The van der Waals surface area contributed by atoms with Crippen LogP contribution in [0.1, 0.15) is 25.7 Å². The van der Waals surface area contributed by atoms with Gasteiger partial charge in [0.15, 0.2) is 5.79 Å². The smallest absolute Gasteiger partial charge is 0.169 e. The van der Waals surface area contributed by atoms with Crippen LogP contribution < -0.4 is 0 Å². The highest BCUT2D eigenvalue weighted by molar-refractivity contribution is 5.52. The topological polar surface area (TPSA) is 52.6 Å². The van der Waals surface area contributed by atoms with Gasteiger partial charge in [-0.1, -0.05) is 0 Å². The van der Waals surface area contributed by atoms with Gasteiger partial charge in [-0.2, -0.15) is 0 Å². The summed E-state index contributed by atoms with van der Waals surface area (Å²) in [6, 6.07) is 0. The molecular weight excluding hydrogens is 196 g/mol. The normalized spacial score (nSPS) is 33.3. The summed E-state index contributed by atoms with van der Waals surface area (Å²) in [5.41, 5.74) is 0. The molecule has 1 aliphatic carbocycles. The van der Waals surface area contributed by atoms with Gasteiger partial charge in [-0.15, -0.1) is 0 Å². The third kappa shape index (κ3) is 2.11. The predicted molar refractivity (Wildman–Crippen MR) is 52.2 cm³/mol. The van der Waals surface area contributed by atoms with Crippen LogP contribution in [0.25, 0.3) is 0 Å². The van der Waals surface area contributed by atoms with E-state index < -0.39 is 5.79 Å². The third-order valence-corrected chi connectivity index (χ3v) is 3.42. The van der Waals surface area contributed by atoms with Gasteiger partial charge in [0.1, 0.15) is 12.6 Å². The van der Waals surface area contributed by atoms with Gasteiger partial charge in [-0.25, -0.2) is 0 Å². The highest BCUT2D eigenvalue weighted by atomic mass is 16.7. The van der Waals surface area contributed by atoms with E-state index in [9.17, 15) is 9.59 Å². The Bertz CT molecular complexity index is 225. The summed E-state index contributed by atoms with van der Waals surface area (Å²) >= 11 is 0. The standard InChI is InChI=1S/C11H16O4/c12-3-1-9-7-11(14-5-6-15-11)8-10(9)2-4-13/h3-4,9-10H,1-2,5-8H2/t9-,10+. The molecule has 2 atom stereocenters. The molecule has 2 aliphatic rings. The van der Waals surface area contributed by atoms with E-state index in [1.54, 1.807) is 0 Å². The molecule has 0 aromatic heterocycles. The van der Waals surface area contributed by atoms with Crippen molar-refractivity contribution in [1.29, 1.82) is 0 Å². The Hall–Kier alpha value is -0.740. The molecule has 0 aromatic carbocycles. The fourth-order valence-electron chi connectivity index (χ4n) is 2.75. The van der Waals surface area contributed by atoms with E-state index in [2.05, 4.69) is 0 Å². The Balaban J connectivity index is 2.03. The second-order valence-corrected chi connectivity index (χ2v) is 4.34. The molecule has 1 aliphatic heterocycles. The van der Waals surface area contributed by atoms with E-state index in [0.29, 0.717) is 26.1 Å². The molecule has 84 valence electrons. The number of hydrogen-bond acceptors (Lipinski definition) is 4. The monoisotopic (exact) mass is 212 g/mol. The Morgan fingerprint density at radius 2 is 1.47 bits per heavy atom. The Morgan fingerprint density at radius 3 is 1.87 bits per heavy atom. The summed E-state index contributed by atoms with van der Waals surface area (Å²) in [6.07, 6.45) is 4.38. The molecule has 0 amide bonds. The summed E-state index contributed by atoms with van der Waals surface area (Å²) in [6.45, 7) is 1.25. The van der Waals surface area contributed by atoms with Crippen molar-refractivity contribution in [2.24, 2.45) is 11.8 Å². The number of hydrogen-bond donors (Lipinski definition) is 0. The van der Waals surface area contributed by atoms with Crippen molar-refractivity contribution in [1.82, 2.24) is 0 Å². The van der Waals surface area contributed by atoms with Crippen LogP contribution in [0.4, 0.5) is 0 Å². The molecule has 1 saturated carbocycles. The van der Waals surface area contributed by atoms with Gasteiger partial charge in [-0.05, 0) is 11.8 Å². The van der Waals surface area contributed by atoms with Crippen LogP contribution in [0.2, 0.25) is 0 Å². The zero-order chi connectivity index (χ0) is 10.7. The molecule has 0 aromatic rings. The SMILES string of the molecule is O=CC[C@@H]1CC2(C[C@@H]1CC=O)OCCO2. The van der Waals surface area contributed by atoms with Gasteiger partial charge >= 0.3 is 0 Å². The average molecular weight is 212 g/mol. The van der Waals surface area contributed by atoms with Crippen molar-refractivity contribution in [2.75, 3.05) is 13.2 Å². The summed E-state index contributed by atoms with van der Waals surface area (Å²) in [5, 5.41) is 0. The average Bonchev–Trinajstić information content (AvgIpc) is 2.78. The minimum atomic E-state index is -0.485. The second-order valence-electron chi connectivity index (χ2n) is 4.34. The maximum Gasteiger partial charge on any atom is 0.169 e. The van der Waals surface area contributed by atoms with Gasteiger partial charge in [0.2, 0.25) is 0 Å². The Morgan fingerprint density at radius 1 is 1.00 bits per heavy atom. The number of carbonyl (C=O) groups is 2. The molecule has 1 saturated heterocycles. The van der Waals surface area contributed by atoms with Crippen molar-refractivity contribution < 1.29 is 19.1 Å². The van der Waals surface area contributed by atoms with Crippen LogP contribution >= 0.6 is 0 Å². The van der Waals surface area contributed by atoms with Crippen LogP contribution in [-0.4, -0.2) is 31.6 Å². The lowest BCUT2D eigenvalue weighted by Gasteiger charge is -2.21. The van der Waals surface area contributed by atoms with Crippen LogP contribution in [0.3, 0.4) is 0 Å². The van der Waals surface area contributed by atoms with Crippen LogP contribution in [0.5, 0.6) is 0 Å². The molecule has 0 N–H and O–H groups in total. The number of rotatable bonds is 4. The third-order valence-electron chi connectivity index (χ3n) is 3.42. The maximum atomic E-state index is 10.5. The van der Waals surface area contributed by atoms with E-state index in [-0.39, 0.29) is 11.8 Å². The maximum absolute atomic E-state index is 10.5. The number of ether oxygens (including phenoxy) is 2. The first-order valence-corrected chi connectivity index (χ1v) is 5.45. The lowest BCUT2D eigenvalue weighted by atomic mass is 9.91. The molecule has 0 bridgehead atoms. The van der Waals surface area contributed by atoms with E-state index in [1.165, 1.54) is 0 Å². The first-order valence-electron chi connectivity index (χ1n) is 5.45. The lowest BCUT2D eigenvalue weighted by Crippen LogP contribution is -2.26. The van der Waals surface area contributed by atoms with E-state index in [1.807, 2.05) is 0 Å². The quantitative estimate of drug-likeness (QED) is 0.651. The first kappa shape index (κ1) is 10.8. The summed E-state index contributed by atoms with van der Waals surface area (Å²) < 4.78 is 11.2. The van der Waals surface area contributed by atoms with Crippen LogP contribution in [-0.2, 0) is 19.1 Å². The number of carbonyl (C=O) groups excluding carboxylic acids is 2. The summed E-state index contributed by atoms with van der Waals surface area (Å²) in [5.74, 6) is -0.00181. The Labute approximate surface area is 88.9 Å². The lowest BCUT2D eigenvalue weighted by molar-refractivity contribution is -0.154. The van der Waals surface area contributed by atoms with E-state index in [0.717, 1.165) is 25.4 Å². The fourth-order valence-corrected chi connectivity index (χ4v) is 2.75. The van der Waals surface area contributed by atoms with Crippen LogP contribution in [0, 0.1) is 11.8 Å². The zero-order valence-corrected chi connectivity index (χ0v) is 8.69. The van der Waals surface area contributed by atoms with Gasteiger partial charge in [-0.3, -0.25) is 0 Å². The van der Waals surface area contributed by atoms with Gasteiger partial charge < -0.3 is 19.1 Å². The first-order chi connectivity index (χ1) is 7.29.